The quantitative estimate of drug-likeness (QED) is 0.773. The van der Waals surface area contributed by atoms with Crippen molar-refractivity contribution in [3.05, 3.63) is 46.7 Å². The van der Waals surface area contributed by atoms with E-state index in [1.807, 2.05) is 13.0 Å². The minimum Gasteiger partial charge on any atom is -0.494 e. The van der Waals surface area contributed by atoms with Crippen molar-refractivity contribution in [2.24, 2.45) is 0 Å². The van der Waals surface area contributed by atoms with Gasteiger partial charge in [0.25, 0.3) is 0 Å². The van der Waals surface area contributed by atoms with E-state index in [4.69, 9.17) is 4.74 Å². The standard InChI is InChI=1S/C16H19N3OS/c1-4-20-13-5-6-14(11(2)9-13)17-10-15-12(3)18-16-19(15)7-8-21-16/h5-9,17H,4,10H2,1-3H3. The molecule has 4 nitrogen and oxygen atoms in total. The van der Waals surface area contributed by atoms with Gasteiger partial charge in [-0.1, -0.05) is 0 Å². The molecule has 0 atom stereocenters. The van der Waals surface area contributed by atoms with E-state index in [0.717, 1.165) is 28.6 Å². The van der Waals surface area contributed by atoms with Crippen LogP contribution in [-0.4, -0.2) is 16.0 Å². The summed E-state index contributed by atoms with van der Waals surface area (Å²) in [6.45, 7) is 7.60. The minimum atomic E-state index is 0.692. The van der Waals surface area contributed by atoms with E-state index in [9.17, 15) is 0 Å². The fourth-order valence-electron chi connectivity index (χ4n) is 2.42. The van der Waals surface area contributed by atoms with Crippen LogP contribution < -0.4 is 10.1 Å². The van der Waals surface area contributed by atoms with E-state index < -0.39 is 0 Å². The minimum absolute atomic E-state index is 0.692. The lowest BCUT2D eigenvalue weighted by atomic mass is 10.2. The summed E-state index contributed by atoms with van der Waals surface area (Å²) in [5, 5.41) is 5.56. The Balaban J connectivity index is 1.78. The molecular weight excluding hydrogens is 282 g/mol. The van der Waals surface area contributed by atoms with Gasteiger partial charge < -0.3 is 10.1 Å². The van der Waals surface area contributed by atoms with E-state index in [0.29, 0.717) is 6.61 Å². The van der Waals surface area contributed by atoms with Gasteiger partial charge in [0.2, 0.25) is 0 Å². The van der Waals surface area contributed by atoms with Crippen molar-refractivity contribution >= 4 is 22.0 Å². The summed E-state index contributed by atoms with van der Waals surface area (Å²) in [4.78, 5) is 5.62. The number of fused-ring (bicyclic) bond motifs is 1. The van der Waals surface area contributed by atoms with E-state index in [1.165, 1.54) is 11.3 Å². The zero-order valence-electron chi connectivity index (χ0n) is 12.5. The molecule has 2 heterocycles. The molecule has 0 saturated carbocycles. The average molecular weight is 301 g/mol. The van der Waals surface area contributed by atoms with Crippen LogP contribution in [0, 0.1) is 13.8 Å². The number of benzene rings is 1. The lowest BCUT2D eigenvalue weighted by molar-refractivity contribution is 0.340. The maximum atomic E-state index is 5.52. The summed E-state index contributed by atoms with van der Waals surface area (Å²) < 4.78 is 7.67. The summed E-state index contributed by atoms with van der Waals surface area (Å²) in [6, 6.07) is 6.14. The number of aryl methyl sites for hydroxylation is 2. The predicted octanol–water partition coefficient (Wildman–Crippen LogP) is 4.02. The molecule has 0 amide bonds. The highest BCUT2D eigenvalue weighted by molar-refractivity contribution is 7.15. The Bertz CT molecular complexity index is 760. The molecule has 0 spiro atoms. The zero-order valence-corrected chi connectivity index (χ0v) is 13.3. The van der Waals surface area contributed by atoms with Crippen LogP contribution in [0.5, 0.6) is 5.75 Å². The van der Waals surface area contributed by atoms with Crippen LogP contribution in [0.3, 0.4) is 0 Å². The Kier molecular flexibility index (Phi) is 3.84. The molecule has 0 fully saturated rings. The molecule has 3 rings (SSSR count). The Morgan fingerprint density at radius 2 is 2.19 bits per heavy atom. The molecule has 0 unspecified atom stereocenters. The first-order valence-electron chi connectivity index (χ1n) is 7.07. The van der Waals surface area contributed by atoms with Gasteiger partial charge in [-0.25, -0.2) is 4.98 Å². The second-order valence-corrected chi connectivity index (χ2v) is 5.84. The molecule has 1 N–H and O–H groups in total. The van der Waals surface area contributed by atoms with Crippen molar-refractivity contribution < 1.29 is 4.74 Å². The number of anilines is 1. The summed E-state index contributed by atoms with van der Waals surface area (Å²) in [5.74, 6) is 0.918. The summed E-state index contributed by atoms with van der Waals surface area (Å²) in [6.07, 6.45) is 2.07. The van der Waals surface area contributed by atoms with Crippen LogP contribution >= 0.6 is 11.3 Å². The number of imidazole rings is 1. The van der Waals surface area contributed by atoms with Crippen LogP contribution in [0.25, 0.3) is 4.96 Å². The molecule has 0 radical (unpaired) electrons. The van der Waals surface area contributed by atoms with Gasteiger partial charge in [0, 0.05) is 17.3 Å². The maximum Gasteiger partial charge on any atom is 0.194 e. The molecule has 110 valence electrons. The molecule has 0 saturated heterocycles. The lowest BCUT2D eigenvalue weighted by Gasteiger charge is -2.11. The number of ether oxygens (including phenoxy) is 1. The molecule has 0 aliphatic heterocycles. The van der Waals surface area contributed by atoms with Gasteiger partial charge >= 0.3 is 0 Å². The number of thiazole rings is 1. The summed E-state index contributed by atoms with van der Waals surface area (Å²) in [5.41, 5.74) is 4.60. The van der Waals surface area contributed by atoms with Crippen molar-refractivity contribution in [2.45, 2.75) is 27.3 Å². The smallest absolute Gasteiger partial charge is 0.194 e. The third-order valence-electron chi connectivity index (χ3n) is 3.52. The number of nitrogens with one attached hydrogen (secondary N) is 1. The fourth-order valence-corrected chi connectivity index (χ4v) is 3.20. The lowest BCUT2D eigenvalue weighted by Crippen LogP contribution is -2.05. The average Bonchev–Trinajstić information content (AvgIpc) is 3.00. The van der Waals surface area contributed by atoms with Gasteiger partial charge in [-0.15, -0.1) is 11.3 Å². The van der Waals surface area contributed by atoms with E-state index in [1.54, 1.807) is 11.3 Å². The zero-order chi connectivity index (χ0) is 14.8. The number of hydrogen-bond donors (Lipinski definition) is 1. The third kappa shape index (κ3) is 2.74. The van der Waals surface area contributed by atoms with Gasteiger partial charge in [0.1, 0.15) is 5.75 Å². The highest BCUT2D eigenvalue weighted by Gasteiger charge is 2.09. The third-order valence-corrected chi connectivity index (χ3v) is 4.27. The molecular formula is C16H19N3OS. The van der Waals surface area contributed by atoms with Gasteiger partial charge in [-0.2, -0.15) is 0 Å². The van der Waals surface area contributed by atoms with Crippen LogP contribution in [0.2, 0.25) is 0 Å². The second kappa shape index (κ2) is 5.77. The van der Waals surface area contributed by atoms with Crippen molar-refractivity contribution in [3.63, 3.8) is 0 Å². The van der Waals surface area contributed by atoms with Gasteiger partial charge in [-0.05, 0) is 44.5 Å². The van der Waals surface area contributed by atoms with Gasteiger partial charge in [0.05, 0.1) is 24.5 Å². The first kappa shape index (κ1) is 13.9. The van der Waals surface area contributed by atoms with Crippen molar-refractivity contribution in [2.75, 3.05) is 11.9 Å². The predicted molar refractivity (Wildman–Crippen MR) is 87.5 cm³/mol. The molecule has 1 aromatic carbocycles. The maximum absolute atomic E-state index is 5.52. The van der Waals surface area contributed by atoms with Crippen molar-refractivity contribution in [1.82, 2.24) is 9.38 Å². The number of nitrogens with zero attached hydrogens (tertiary/aromatic N) is 2. The Labute approximate surface area is 128 Å². The van der Waals surface area contributed by atoms with Crippen LogP contribution in [0.1, 0.15) is 23.9 Å². The number of aromatic nitrogens is 2. The second-order valence-electron chi connectivity index (χ2n) is 4.96. The van der Waals surface area contributed by atoms with Crippen molar-refractivity contribution in [3.8, 4) is 5.75 Å². The summed E-state index contributed by atoms with van der Waals surface area (Å²) in [7, 11) is 0. The SMILES string of the molecule is CCOc1ccc(NCc2c(C)nc3sccn23)c(C)c1. The first-order valence-corrected chi connectivity index (χ1v) is 7.95. The Morgan fingerprint density at radius 3 is 2.95 bits per heavy atom. The largest absolute Gasteiger partial charge is 0.494 e. The summed E-state index contributed by atoms with van der Waals surface area (Å²) >= 11 is 1.66. The first-order chi connectivity index (χ1) is 10.2. The highest BCUT2D eigenvalue weighted by Crippen LogP contribution is 2.23. The molecule has 21 heavy (non-hydrogen) atoms. The topological polar surface area (TPSA) is 38.6 Å². The Hall–Kier alpha value is -2.01. The monoisotopic (exact) mass is 301 g/mol. The van der Waals surface area contributed by atoms with Crippen molar-refractivity contribution in [1.29, 1.82) is 0 Å². The van der Waals surface area contributed by atoms with E-state index in [2.05, 4.69) is 52.3 Å². The van der Waals surface area contributed by atoms with Crippen LogP contribution in [-0.2, 0) is 6.54 Å². The molecule has 2 aromatic heterocycles. The molecule has 0 aliphatic rings. The fraction of sp³-hybridized carbons (Fsp3) is 0.312. The molecule has 0 aliphatic carbocycles. The number of hydrogen-bond acceptors (Lipinski definition) is 4. The number of rotatable bonds is 5. The molecule has 5 heteroatoms. The van der Waals surface area contributed by atoms with Crippen LogP contribution in [0.15, 0.2) is 29.8 Å². The van der Waals surface area contributed by atoms with E-state index in [-0.39, 0.29) is 0 Å². The Morgan fingerprint density at radius 1 is 1.33 bits per heavy atom. The molecule has 0 bridgehead atoms. The van der Waals surface area contributed by atoms with Crippen LogP contribution in [0.4, 0.5) is 5.69 Å². The van der Waals surface area contributed by atoms with Gasteiger partial charge in [-0.3, -0.25) is 4.40 Å². The molecule has 3 aromatic rings. The normalized spacial score (nSPS) is 11.0. The van der Waals surface area contributed by atoms with Gasteiger partial charge in [0.15, 0.2) is 4.96 Å². The van der Waals surface area contributed by atoms with E-state index >= 15 is 0 Å². The highest BCUT2D eigenvalue weighted by atomic mass is 32.1.